The Bertz CT molecular complexity index is 1920. The number of rotatable bonds is 15. The van der Waals surface area contributed by atoms with Crippen LogP contribution in [0.3, 0.4) is 0 Å². The predicted molar refractivity (Wildman–Crippen MR) is 196 cm³/mol. The molecule has 1 aliphatic heterocycles. The maximum absolute atomic E-state index is 13.8. The number of carboxylic acids is 2. The summed E-state index contributed by atoms with van der Waals surface area (Å²) < 4.78 is 0. The van der Waals surface area contributed by atoms with E-state index in [9.17, 15) is 44.3 Å². The minimum absolute atomic E-state index is 0.0238. The van der Waals surface area contributed by atoms with Crippen LogP contribution in [0.5, 0.6) is 0 Å². The Morgan fingerprint density at radius 3 is 1.96 bits per heavy atom. The van der Waals surface area contributed by atoms with Gasteiger partial charge in [0.05, 0.1) is 4.92 Å². The first-order valence-electron chi connectivity index (χ1n) is 16.9. The fourth-order valence-electron chi connectivity index (χ4n) is 6.03. The topological polar surface area (TPSA) is 220 Å². The number of nitro groups is 1. The van der Waals surface area contributed by atoms with Crippen molar-refractivity contribution in [1.29, 1.82) is 0 Å². The monoisotopic (exact) mass is 728 g/mol. The zero-order valence-electron chi connectivity index (χ0n) is 30.1. The van der Waals surface area contributed by atoms with E-state index in [1.54, 1.807) is 54.6 Å². The second kappa shape index (κ2) is 16.8. The minimum atomic E-state index is -1.45. The Balaban J connectivity index is 1.53. The number of carbonyl (C=O) groups excluding carboxylic acids is 3. The molecule has 0 fully saturated rings. The molecule has 3 unspecified atom stereocenters. The van der Waals surface area contributed by atoms with Crippen molar-refractivity contribution >= 4 is 41.0 Å². The van der Waals surface area contributed by atoms with Gasteiger partial charge in [0, 0.05) is 44.1 Å². The molecule has 15 nitrogen and oxygen atoms in total. The highest BCUT2D eigenvalue weighted by Gasteiger charge is 2.39. The molecule has 53 heavy (non-hydrogen) atoms. The Kier molecular flexibility index (Phi) is 12.6. The van der Waals surface area contributed by atoms with E-state index in [0.717, 1.165) is 11.8 Å². The van der Waals surface area contributed by atoms with Gasteiger partial charge in [-0.15, -0.1) is 0 Å². The summed E-state index contributed by atoms with van der Waals surface area (Å²) in [5, 5.41) is 42.5. The zero-order valence-corrected chi connectivity index (χ0v) is 30.1. The Morgan fingerprint density at radius 1 is 0.887 bits per heavy atom. The molecule has 0 aromatic heterocycles. The van der Waals surface area contributed by atoms with Crippen LogP contribution in [0, 0.1) is 22.5 Å². The Morgan fingerprint density at radius 2 is 1.43 bits per heavy atom. The third-order valence-electron chi connectivity index (χ3n) is 8.49. The van der Waals surface area contributed by atoms with Crippen molar-refractivity contribution in [3.05, 3.63) is 117 Å². The lowest BCUT2D eigenvalue weighted by molar-refractivity contribution is -0.403. The number of aryl methyl sites for hydroxylation is 1. The van der Waals surface area contributed by atoms with Gasteiger partial charge >= 0.3 is 11.9 Å². The average molecular weight is 729 g/mol. The molecule has 0 saturated carbocycles. The highest BCUT2D eigenvalue weighted by atomic mass is 16.6. The first kappa shape index (κ1) is 39.5. The Hall–Kier alpha value is -6.25. The fourth-order valence-corrected chi connectivity index (χ4v) is 6.03. The fraction of sp³-hybridized carbons (Fsp3) is 0.342. The molecule has 0 radical (unpaired) electrons. The normalized spacial score (nSPS) is 15.1. The van der Waals surface area contributed by atoms with E-state index in [0.29, 0.717) is 33.6 Å². The molecule has 3 amide bonds. The summed E-state index contributed by atoms with van der Waals surface area (Å²) in [6.07, 6.45) is 0.559. The molecule has 3 aromatic carbocycles. The minimum Gasteiger partial charge on any atom is -0.480 e. The zero-order chi connectivity index (χ0) is 39.0. The third-order valence-corrected chi connectivity index (χ3v) is 8.49. The average Bonchev–Trinajstić information content (AvgIpc) is 3.44. The number of benzene rings is 3. The second-order valence-corrected chi connectivity index (χ2v) is 14.2. The summed E-state index contributed by atoms with van der Waals surface area (Å²) >= 11 is 0. The van der Waals surface area contributed by atoms with Crippen LogP contribution >= 0.6 is 0 Å². The molecule has 4 rings (SSSR count). The summed E-state index contributed by atoms with van der Waals surface area (Å²) in [6.45, 7) is 8.79. The number of carboxylic acid groups (broad SMARTS) is 2. The standard InChI is InChI=1S/C38H44N6O9/c1-22-10-12-27(13-11-22)39-32(21-44(52)53)40-28-14-15-29-26(16-28)20-43(23(2)45)34(29)35(47)42-31(37(50)51)18-25-9-7-6-8-24(25)17-30(36(48)49)41-33(46)19-38(3,4)5/h6-16,21,30-31,34,39-40H,17-20H2,1-5H3,(H,41,46)(H,42,47)(H,48,49)(H,50,51). The van der Waals surface area contributed by atoms with Crippen LogP contribution in [0.15, 0.2) is 78.8 Å². The smallest absolute Gasteiger partial charge is 0.326 e. The number of anilines is 2. The van der Waals surface area contributed by atoms with Gasteiger partial charge in [0.1, 0.15) is 18.1 Å². The van der Waals surface area contributed by atoms with Crippen molar-refractivity contribution in [3.8, 4) is 0 Å². The number of aliphatic carboxylic acids is 2. The van der Waals surface area contributed by atoms with Gasteiger partial charge in [-0.2, -0.15) is 0 Å². The van der Waals surface area contributed by atoms with Crippen molar-refractivity contribution in [1.82, 2.24) is 15.5 Å². The quantitative estimate of drug-likeness (QED) is 0.0954. The molecule has 0 bridgehead atoms. The number of amides is 3. The van der Waals surface area contributed by atoms with Crippen molar-refractivity contribution < 1.29 is 39.1 Å². The van der Waals surface area contributed by atoms with Crippen LogP contribution in [0.1, 0.15) is 68.0 Å². The highest BCUT2D eigenvalue weighted by molar-refractivity contribution is 5.92. The van der Waals surface area contributed by atoms with Crippen molar-refractivity contribution in [2.45, 2.75) is 78.6 Å². The molecular formula is C38H44N6O9. The van der Waals surface area contributed by atoms with Gasteiger partial charge in [0.15, 0.2) is 5.82 Å². The van der Waals surface area contributed by atoms with Crippen LogP contribution in [-0.2, 0) is 43.4 Å². The summed E-state index contributed by atoms with van der Waals surface area (Å²) in [6, 6.07) is 14.8. The maximum atomic E-state index is 13.8. The van der Waals surface area contributed by atoms with Crippen molar-refractivity contribution in [2.24, 2.45) is 5.41 Å². The summed E-state index contributed by atoms with van der Waals surface area (Å²) in [7, 11) is 0. The second-order valence-electron chi connectivity index (χ2n) is 14.2. The first-order valence-corrected chi connectivity index (χ1v) is 16.9. The molecule has 3 aromatic rings. The number of fused-ring (bicyclic) bond motifs is 1. The predicted octanol–water partition coefficient (Wildman–Crippen LogP) is 4.36. The van der Waals surface area contributed by atoms with Gasteiger partial charge in [-0.3, -0.25) is 24.5 Å². The summed E-state index contributed by atoms with van der Waals surface area (Å²) in [5.41, 5.74) is 3.66. The van der Waals surface area contributed by atoms with Crippen LogP contribution in [-0.4, -0.2) is 61.8 Å². The molecule has 0 aliphatic carbocycles. The molecule has 3 atom stereocenters. The molecule has 1 heterocycles. The highest BCUT2D eigenvalue weighted by Crippen LogP contribution is 2.36. The van der Waals surface area contributed by atoms with E-state index in [-0.39, 0.29) is 37.0 Å². The molecular weight excluding hydrogens is 684 g/mol. The lowest BCUT2D eigenvalue weighted by atomic mass is 9.91. The number of hydrogen-bond donors (Lipinski definition) is 6. The molecule has 0 spiro atoms. The van der Waals surface area contributed by atoms with Crippen molar-refractivity contribution in [2.75, 3.05) is 10.6 Å². The van der Waals surface area contributed by atoms with Gasteiger partial charge in [-0.25, -0.2) is 9.59 Å². The molecule has 0 saturated heterocycles. The van der Waals surface area contributed by atoms with E-state index in [2.05, 4.69) is 21.3 Å². The summed E-state index contributed by atoms with van der Waals surface area (Å²) in [4.78, 5) is 75.8. The van der Waals surface area contributed by atoms with Gasteiger partial charge in [0.25, 0.3) is 6.20 Å². The maximum Gasteiger partial charge on any atom is 0.326 e. The summed E-state index contributed by atoms with van der Waals surface area (Å²) in [5.74, 6) is -4.13. The van der Waals surface area contributed by atoms with Crippen molar-refractivity contribution in [3.63, 3.8) is 0 Å². The van der Waals surface area contributed by atoms with E-state index in [1.165, 1.54) is 11.8 Å². The van der Waals surface area contributed by atoms with Gasteiger partial charge in [-0.1, -0.05) is 68.8 Å². The largest absolute Gasteiger partial charge is 0.480 e. The van der Waals surface area contributed by atoms with Crippen LogP contribution in [0.2, 0.25) is 0 Å². The lowest BCUT2D eigenvalue weighted by Gasteiger charge is -2.25. The van der Waals surface area contributed by atoms with Gasteiger partial charge in [-0.05, 0) is 58.9 Å². The third kappa shape index (κ3) is 11.1. The number of nitrogens with zero attached hydrogens (tertiary/aromatic N) is 2. The van der Waals surface area contributed by atoms with Crippen LogP contribution < -0.4 is 21.3 Å². The molecule has 1 aliphatic rings. The van der Waals surface area contributed by atoms with Gasteiger partial charge < -0.3 is 36.4 Å². The molecule has 15 heteroatoms. The first-order chi connectivity index (χ1) is 24.9. The van der Waals surface area contributed by atoms with Gasteiger partial charge in [0.2, 0.25) is 17.7 Å². The molecule has 6 N–H and O–H groups in total. The lowest BCUT2D eigenvalue weighted by Crippen LogP contribution is -2.47. The molecule has 280 valence electrons. The van der Waals surface area contributed by atoms with E-state index < -0.39 is 52.7 Å². The van der Waals surface area contributed by atoms with E-state index >= 15 is 0 Å². The number of hydrogen-bond acceptors (Lipinski definition) is 9. The van der Waals surface area contributed by atoms with Crippen LogP contribution in [0.25, 0.3) is 0 Å². The number of nitrogens with one attached hydrogen (secondary N) is 4. The SMILES string of the molecule is CC(=O)N1Cc2cc(NC(=C[N+](=O)[O-])Nc3ccc(C)cc3)ccc2C1C(=O)NC(Cc1ccccc1CC(NC(=O)CC(C)(C)C)C(=O)O)C(=O)O. The Labute approximate surface area is 306 Å². The number of carbonyl (C=O) groups is 5. The van der Waals surface area contributed by atoms with Crippen LogP contribution in [0.4, 0.5) is 11.4 Å². The van der Waals surface area contributed by atoms with E-state index in [1.807, 2.05) is 39.8 Å². The van der Waals surface area contributed by atoms with E-state index in [4.69, 9.17) is 0 Å².